The summed E-state index contributed by atoms with van der Waals surface area (Å²) < 4.78 is 28.7. The van der Waals surface area contributed by atoms with E-state index in [4.69, 9.17) is 0 Å². The number of carbonyl (C=O) groups excluding carboxylic acids is 1. The van der Waals surface area contributed by atoms with Crippen molar-refractivity contribution in [2.75, 3.05) is 13.1 Å². The highest BCUT2D eigenvalue weighted by molar-refractivity contribution is 7.89. The van der Waals surface area contributed by atoms with Gasteiger partial charge in [-0.1, -0.05) is 55.0 Å². The molecular weight excluding hydrogens is 478 g/mol. The minimum Gasteiger partial charge on any atom is -0.480 e. The Morgan fingerprint density at radius 2 is 1.69 bits per heavy atom. The number of hydrogen-bond acceptors (Lipinski definition) is 5. The lowest BCUT2D eigenvalue weighted by atomic mass is 9.95. The second kappa shape index (κ2) is 9.95. The molecule has 4 rings (SSSR count). The molecule has 0 aliphatic carbocycles. The van der Waals surface area contributed by atoms with Crippen LogP contribution < -0.4 is 5.32 Å². The molecule has 36 heavy (non-hydrogen) atoms. The number of rotatable bonds is 7. The minimum absolute atomic E-state index is 0.194. The first-order valence-electron chi connectivity index (χ1n) is 12.5. The van der Waals surface area contributed by atoms with Crippen LogP contribution in [0, 0.1) is 20.8 Å². The van der Waals surface area contributed by atoms with E-state index in [0.717, 1.165) is 11.1 Å². The van der Waals surface area contributed by atoms with Gasteiger partial charge in [0.25, 0.3) is 0 Å². The van der Waals surface area contributed by atoms with E-state index < -0.39 is 33.7 Å². The molecule has 2 heterocycles. The molecule has 0 radical (unpaired) electrons. The maximum absolute atomic E-state index is 13.6. The lowest BCUT2D eigenvalue weighted by molar-refractivity contribution is -0.154. The summed E-state index contributed by atoms with van der Waals surface area (Å²) in [5.74, 6) is -1.29. The molecule has 2 atom stereocenters. The molecule has 2 fully saturated rings. The maximum atomic E-state index is 13.6. The summed E-state index contributed by atoms with van der Waals surface area (Å²) in [6.45, 7) is 7.71. The number of piperidine rings is 1. The second-order valence-electron chi connectivity index (χ2n) is 10.0. The number of amides is 1. The van der Waals surface area contributed by atoms with Crippen molar-refractivity contribution >= 4 is 21.9 Å². The van der Waals surface area contributed by atoms with Gasteiger partial charge in [0.2, 0.25) is 15.9 Å². The van der Waals surface area contributed by atoms with E-state index in [2.05, 4.69) is 5.32 Å². The highest BCUT2D eigenvalue weighted by Crippen LogP contribution is 2.38. The number of nitrogens with zero attached hydrogens (tertiary/aromatic N) is 2. The van der Waals surface area contributed by atoms with E-state index in [-0.39, 0.29) is 25.4 Å². The molecule has 2 aliphatic heterocycles. The number of aryl methyl sites for hydroxylation is 3. The average Bonchev–Trinajstić information content (AvgIpc) is 3.05. The van der Waals surface area contributed by atoms with Crippen LogP contribution in [-0.4, -0.2) is 65.4 Å². The van der Waals surface area contributed by atoms with E-state index in [1.807, 2.05) is 63.2 Å². The fourth-order valence-corrected chi connectivity index (χ4v) is 7.78. The molecule has 194 valence electrons. The third kappa shape index (κ3) is 4.67. The van der Waals surface area contributed by atoms with Gasteiger partial charge in [-0.25, -0.2) is 13.2 Å². The lowest BCUT2D eigenvalue weighted by Crippen LogP contribution is -2.63. The van der Waals surface area contributed by atoms with Crippen LogP contribution in [0.4, 0.5) is 0 Å². The number of aliphatic carboxylic acids is 1. The van der Waals surface area contributed by atoms with Gasteiger partial charge in [0.1, 0.15) is 6.04 Å². The number of benzene rings is 2. The van der Waals surface area contributed by atoms with Gasteiger partial charge in [0, 0.05) is 13.1 Å². The number of nitrogens with one attached hydrogen (secondary N) is 1. The first kappa shape index (κ1) is 26.3. The molecule has 8 nitrogen and oxygen atoms in total. The molecule has 9 heteroatoms. The monoisotopic (exact) mass is 513 g/mol. The van der Waals surface area contributed by atoms with Crippen molar-refractivity contribution in [1.29, 1.82) is 0 Å². The molecule has 2 aromatic carbocycles. The van der Waals surface area contributed by atoms with E-state index in [1.165, 1.54) is 9.21 Å². The van der Waals surface area contributed by atoms with Gasteiger partial charge in [-0.05, 0) is 63.1 Å². The van der Waals surface area contributed by atoms with Gasteiger partial charge in [0.05, 0.1) is 16.6 Å². The number of hydrogen-bond donors (Lipinski definition) is 2. The Hall–Kier alpha value is -2.75. The minimum atomic E-state index is -3.74. The Morgan fingerprint density at radius 1 is 1.11 bits per heavy atom. The first-order valence-corrected chi connectivity index (χ1v) is 13.9. The van der Waals surface area contributed by atoms with E-state index in [0.29, 0.717) is 35.3 Å². The van der Waals surface area contributed by atoms with Crippen LogP contribution >= 0.6 is 0 Å². The predicted molar refractivity (Wildman–Crippen MR) is 137 cm³/mol. The molecular formula is C27H35N3O5S. The number of carboxylic acid groups (broad SMARTS) is 1. The van der Waals surface area contributed by atoms with E-state index in [1.54, 1.807) is 6.92 Å². The standard InChI is InChI=1S/C27H35N3O5S/c1-5-23(26(32)33)30-25(31)22(17-21-9-7-6-8-10-21)28-27(30)11-13-29(14-12-27)36(34,35)24-19(3)15-18(2)16-20(24)4/h6-10,15-16,22-23,28H,5,11-14,17H2,1-4H3,(H,32,33). The molecule has 2 N–H and O–H groups in total. The topological polar surface area (TPSA) is 107 Å². The fourth-order valence-electron chi connectivity index (χ4n) is 5.93. The summed E-state index contributed by atoms with van der Waals surface area (Å²) in [5, 5.41) is 13.4. The molecule has 0 saturated carbocycles. The molecule has 1 amide bonds. The highest BCUT2D eigenvalue weighted by Gasteiger charge is 2.55. The van der Waals surface area contributed by atoms with Crippen LogP contribution in [-0.2, 0) is 26.0 Å². The lowest BCUT2D eigenvalue weighted by Gasteiger charge is -2.46. The summed E-state index contributed by atoms with van der Waals surface area (Å²) in [7, 11) is -3.74. The Kier molecular flexibility index (Phi) is 7.28. The van der Waals surface area contributed by atoms with Crippen LogP contribution in [0.2, 0.25) is 0 Å². The SMILES string of the molecule is CCC(C(=O)O)N1C(=O)C(Cc2ccccc2)NC12CCN(S(=O)(=O)c1c(C)cc(C)cc1C)CC2. The molecule has 1 spiro atoms. The van der Waals surface area contributed by atoms with Crippen molar-refractivity contribution in [2.45, 2.75) is 76.0 Å². The zero-order valence-corrected chi connectivity index (χ0v) is 22.1. The number of carboxylic acids is 1. The van der Waals surface area contributed by atoms with Gasteiger partial charge in [-0.2, -0.15) is 4.31 Å². The zero-order chi connectivity index (χ0) is 26.3. The van der Waals surface area contributed by atoms with Crippen LogP contribution in [0.5, 0.6) is 0 Å². The fraction of sp³-hybridized carbons (Fsp3) is 0.481. The van der Waals surface area contributed by atoms with Crippen molar-refractivity contribution in [1.82, 2.24) is 14.5 Å². The van der Waals surface area contributed by atoms with Gasteiger partial charge >= 0.3 is 5.97 Å². The Labute approximate surface area is 213 Å². The Bertz CT molecular complexity index is 1230. The smallest absolute Gasteiger partial charge is 0.326 e. The summed E-state index contributed by atoms with van der Waals surface area (Å²) in [5.41, 5.74) is 2.51. The van der Waals surface area contributed by atoms with E-state index in [9.17, 15) is 23.1 Å². The zero-order valence-electron chi connectivity index (χ0n) is 21.3. The molecule has 2 saturated heterocycles. The Morgan fingerprint density at radius 3 is 2.22 bits per heavy atom. The summed E-state index contributed by atoms with van der Waals surface area (Å²) in [6, 6.07) is 11.8. The molecule has 0 aromatic heterocycles. The van der Waals surface area contributed by atoms with Crippen LogP contribution in [0.15, 0.2) is 47.4 Å². The quantitative estimate of drug-likeness (QED) is 0.590. The van der Waals surface area contributed by atoms with Crippen molar-refractivity contribution in [3.63, 3.8) is 0 Å². The largest absolute Gasteiger partial charge is 0.480 e. The number of carbonyl (C=O) groups is 2. The first-order chi connectivity index (χ1) is 17.0. The Balaban J connectivity index is 1.62. The number of sulfonamides is 1. The third-order valence-electron chi connectivity index (χ3n) is 7.46. The van der Waals surface area contributed by atoms with Crippen LogP contribution in [0.25, 0.3) is 0 Å². The van der Waals surface area contributed by atoms with Gasteiger partial charge in [-0.3, -0.25) is 10.1 Å². The highest BCUT2D eigenvalue weighted by atomic mass is 32.2. The summed E-state index contributed by atoms with van der Waals surface area (Å²) in [4.78, 5) is 27.5. The van der Waals surface area contributed by atoms with Crippen molar-refractivity contribution in [2.24, 2.45) is 0 Å². The summed E-state index contributed by atoms with van der Waals surface area (Å²) in [6.07, 6.45) is 1.35. The third-order valence-corrected chi connectivity index (χ3v) is 9.66. The molecule has 2 aliphatic rings. The summed E-state index contributed by atoms with van der Waals surface area (Å²) >= 11 is 0. The van der Waals surface area contributed by atoms with Gasteiger partial charge in [0.15, 0.2) is 0 Å². The van der Waals surface area contributed by atoms with Crippen molar-refractivity contribution < 1.29 is 23.1 Å². The van der Waals surface area contributed by atoms with E-state index >= 15 is 0 Å². The van der Waals surface area contributed by atoms with Crippen molar-refractivity contribution in [3.8, 4) is 0 Å². The molecule has 0 bridgehead atoms. The maximum Gasteiger partial charge on any atom is 0.326 e. The van der Waals surface area contributed by atoms with Gasteiger partial charge < -0.3 is 10.0 Å². The second-order valence-corrected chi connectivity index (χ2v) is 11.9. The normalized spacial score (nSPS) is 21.2. The molecule has 2 aromatic rings. The van der Waals surface area contributed by atoms with Crippen molar-refractivity contribution in [3.05, 3.63) is 64.7 Å². The van der Waals surface area contributed by atoms with Gasteiger partial charge in [-0.15, -0.1) is 0 Å². The average molecular weight is 514 g/mol. The molecule has 2 unspecified atom stereocenters. The van der Waals surface area contributed by atoms with Crippen LogP contribution in [0.1, 0.15) is 48.4 Å². The predicted octanol–water partition coefficient (Wildman–Crippen LogP) is 3.00. The van der Waals surface area contributed by atoms with Crippen LogP contribution in [0.3, 0.4) is 0 Å².